The highest BCUT2D eigenvalue weighted by Gasteiger charge is 2.30. The van der Waals surface area contributed by atoms with Crippen molar-refractivity contribution in [3.63, 3.8) is 0 Å². The molecule has 3 N–H and O–H groups in total. The molecule has 17 heavy (non-hydrogen) atoms. The zero-order valence-electron chi connectivity index (χ0n) is 9.20. The Morgan fingerprint density at radius 1 is 1.59 bits per heavy atom. The van der Waals surface area contributed by atoms with Gasteiger partial charge in [-0.3, -0.25) is 0 Å². The summed E-state index contributed by atoms with van der Waals surface area (Å²) >= 11 is 1.56. The van der Waals surface area contributed by atoms with Gasteiger partial charge in [0.15, 0.2) is 6.10 Å². The lowest BCUT2D eigenvalue weighted by Gasteiger charge is -2.10. The minimum atomic E-state index is -0.872. The fraction of sp³-hybridized carbons (Fsp3) is 0.455. The number of carboxylic acid groups (broad SMARTS) is 1. The van der Waals surface area contributed by atoms with Crippen molar-refractivity contribution in [2.24, 2.45) is 0 Å². The highest BCUT2D eigenvalue weighted by molar-refractivity contribution is 7.99. The molecule has 2 heterocycles. The summed E-state index contributed by atoms with van der Waals surface area (Å²) in [6.45, 7) is 0. The number of rotatable bonds is 4. The van der Waals surface area contributed by atoms with E-state index in [1.54, 1.807) is 24.0 Å². The molecule has 0 aromatic carbocycles. The second kappa shape index (κ2) is 5.37. The van der Waals surface area contributed by atoms with Gasteiger partial charge in [-0.1, -0.05) is 0 Å². The molecule has 6 heteroatoms. The smallest absolute Gasteiger partial charge is 0.332 e. The van der Waals surface area contributed by atoms with Crippen LogP contribution in [-0.4, -0.2) is 34.0 Å². The fourth-order valence-electron chi connectivity index (χ4n) is 1.67. The number of anilines is 1. The lowest BCUT2D eigenvalue weighted by Crippen LogP contribution is -2.21. The number of aromatic nitrogens is 1. The van der Waals surface area contributed by atoms with Crippen molar-refractivity contribution in [2.45, 2.75) is 30.1 Å². The largest absolute Gasteiger partial charge is 0.479 e. The summed E-state index contributed by atoms with van der Waals surface area (Å²) in [5.41, 5.74) is 6.17. The molecule has 2 rings (SSSR count). The molecule has 0 aliphatic carbocycles. The molecule has 0 radical (unpaired) electrons. The maximum atomic E-state index is 10.7. The molecule has 2 atom stereocenters. The first-order chi connectivity index (χ1) is 8.15. The molecule has 1 aromatic rings. The van der Waals surface area contributed by atoms with E-state index < -0.39 is 12.1 Å². The van der Waals surface area contributed by atoms with Crippen LogP contribution in [0.15, 0.2) is 23.4 Å². The summed E-state index contributed by atoms with van der Waals surface area (Å²) in [5, 5.41) is 9.67. The van der Waals surface area contributed by atoms with Crippen molar-refractivity contribution in [1.82, 2.24) is 4.98 Å². The number of hydrogen-bond donors (Lipinski definition) is 2. The Labute approximate surface area is 103 Å². The van der Waals surface area contributed by atoms with Crippen molar-refractivity contribution in [3.05, 3.63) is 18.3 Å². The van der Waals surface area contributed by atoms with Crippen LogP contribution >= 0.6 is 11.8 Å². The molecule has 0 saturated carbocycles. The Morgan fingerprint density at radius 2 is 2.41 bits per heavy atom. The van der Waals surface area contributed by atoms with Crippen molar-refractivity contribution in [2.75, 3.05) is 11.5 Å². The van der Waals surface area contributed by atoms with Gasteiger partial charge in [-0.15, -0.1) is 11.8 Å². The average Bonchev–Trinajstić information content (AvgIpc) is 2.77. The van der Waals surface area contributed by atoms with E-state index in [0.717, 1.165) is 17.2 Å². The number of hydrogen-bond acceptors (Lipinski definition) is 5. The van der Waals surface area contributed by atoms with E-state index in [1.165, 1.54) is 0 Å². The van der Waals surface area contributed by atoms with Gasteiger partial charge in [0.1, 0.15) is 0 Å². The van der Waals surface area contributed by atoms with Crippen LogP contribution < -0.4 is 5.73 Å². The lowest BCUT2D eigenvalue weighted by atomic mass is 10.2. The zero-order valence-corrected chi connectivity index (χ0v) is 10.0. The molecule has 2 unspecified atom stereocenters. The number of nitrogens with two attached hydrogens (primary N) is 1. The van der Waals surface area contributed by atoms with Gasteiger partial charge >= 0.3 is 5.97 Å². The number of aliphatic carboxylic acids is 1. The minimum absolute atomic E-state index is 0.000420. The van der Waals surface area contributed by atoms with Gasteiger partial charge < -0.3 is 15.6 Å². The maximum Gasteiger partial charge on any atom is 0.332 e. The van der Waals surface area contributed by atoms with Crippen LogP contribution in [0.25, 0.3) is 0 Å². The van der Waals surface area contributed by atoms with Crippen molar-refractivity contribution < 1.29 is 14.6 Å². The van der Waals surface area contributed by atoms with Gasteiger partial charge in [0, 0.05) is 5.75 Å². The van der Waals surface area contributed by atoms with Crippen LogP contribution in [0.1, 0.15) is 12.8 Å². The van der Waals surface area contributed by atoms with Crippen molar-refractivity contribution >= 4 is 23.4 Å². The minimum Gasteiger partial charge on any atom is -0.479 e. The summed E-state index contributed by atoms with van der Waals surface area (Å²) in [4.78, 5) is 14.9. The highest BCUT2D eigenvalue weighted by atomic mass is 32.2. The van der Waals surface area contributed by atoms with Gasteiger partial charge in [-0.25, -0.2) is 9.78 Å². The van der Waals surface area contributed by atoms with Crippen molar-refractivity contribution in [3.8, 4) is 0 Å². The quantitative estimate of drug-likeness (QED) is 0.790. The van der Waals surface area contributed by atoms with Gasteiger partial charge in [0.25, 0.3) is 0 Å². The summed E-state index contributed by atoms with van der Waals surface area (Å²) in [7, 11) is 0. The van der Waals surface area contributed by atoms with E-state index in [0.29, 0.717) is 12.1 Å². The predicted molar refractivity (Wildman–Crippen MR) is 64.9 cm³/mol. The summed E-state index contributed by atoms with van der Waals surface area (Å²) in [6.07, 6.45) is 2.35. The molecule has 1 saturated heterocycles. The maximum absolute atomic E-state index is 10.7. The van der Waals surface area contributed by atoms with Gasteiger partial charge in [0.2, 0.25) is 0 Å². The molecule has 1 aromatic heterocycles. The lowest BCUT2D eigenvalue weighted by molar-refractivity contribution is -0.148. The van der Waals surface area contributed by atoms with Crippen LogP contribution in [0.2, 0.25) is 0 Å². The van der Waals surface area contributed by atoms with Crippen LogP contribution in [0.5, 0.6) is 0 Å². The number of carboxylic acids is 1. The van der Waals surface area contributed by atoms with Crippen LogP contribution in [0.3, 0.4) is 0 Å². The van der Waals surface area contributed by atoms with E-state index in [4.69, 9.17) is 15.6 Å². The SMILES string of the molecule is Nc1ccc(SCC2CCC(C(=O)O)O2)nc1. The molecule has 0 amide bonds. The van der Waals surface area contributed by atoms with Crippen LogP contribution in [-0.2, 0) is 9.53 Å². The predicted octanol–water partition coefficient (Wildman–Crippen LogP) is 1.39. The normalized spacial score (nSPS) is 23.8. The number of ether oxygens (including phenoxy) is 1. The van der Waals surface area contributed by atoms with Gasteiger partial charge in [-0.2, -0.15) is 0 Å². The Kier molecular flexibility index (Phi) is 3.86. The first-order valence-corrected chi connectivity index (χ1v) is 6.36. The Hall–Kier alpha value is -1.27. The third-order valence-corrected chi connectivity index (χ3v) is 3.64. The van der Waals surface area contributed by atoms with E-state index in [-0.39, 0.29) is 6.10 Å². The molecule has 1 fully saturated rings. The first-order valence-electron chi connectivity index (χ1n) is 5.38. The number of carbonyl (C=O) groups is 1. The molecule has 1 aliphatic heterocycles. The summed E-state index contributed by atoms with van der Waals surface area (Å²) in [5.74, 6) is -0.149. The van der Waals surface area contributed by atoms with E-state index in [1.807, 2.05) is 6.07 Å². The first kappa shape index (κ1) is 12.2. The monoisotopic (exact) mass is 254 g/mol. The number of thioether (sulfide) groups is 1. The van der Waals surface area contributed by atoms with Crippen LogP contribution in [0.4, 0.5) is 5.69 Å². The molecule has 1 aliphatic rings. The standard InChI is InChI=1S/C11H14N2O3S/c12-7-1-4-10(13-5-7)17-6-8-2-3-9(16-8)11(14)15/h1,4-5,8-9H,2-3,6,12H2,(H,14,15). The molecule has 0 bridgehead atoms. The molecule has 0 spiro atoms. The Balaban J connectivity index is 1.80. The zero-order chi connectivity index (χ0) is 12.3. The Bertz CT molecular complexity index is 396. The fourth-order valence-corrected chi connectivity index (χ4v) is 2.56. The molecule has 5 nitrogen and oxygen atoms in total. The highest BCUT2D eigenvalue weighted by Crippen LogP contribution is 2.26. The molecule has 92 valence electrons. The van der Waals surface area contributed by atoms with E-state index >= 15 is 0 Å². The van der Waals surface area contributed by atoms with E-state index in [9.17, 15) is 4.79 Å². The second-order valence-electron chi connectivity index (χ2n) is 3.90. The van der Waals surface area contributed by atoms with E-state index in [2.05, 4.69) is 4.98 Å². The average molecular weight is 254 g/mol. The van der Waals surface area contributed by atoms with Gasteiger partial charge in [0.05, 0.1) is 23.0 Å². The second-order valence-corrected chi connectivity index (χ2v) is 4.94. The number of nitrogens with zero attached hydrogens (tertiary/aromatic N) is 1. The van der Waals surface area contributed by atoms with Crippen LogP contribution in [0, 0.1) is 0 Å². The third kappa shape index (κ3) is 3.34. The third-order valence-electron chi connectivity index (χ3n) is 2.56. The Morgan fingerprint density at radius 3 is 3.00 bits per heavy atom. The summed E-state index contributed by atoms with van der Waals surface area (Å²) in [6, 6.07) is 3.65. The molecular weight excluding hydrogens is 240 g/mol. The topological polar surface area (TPSA) is 85.4 Å². The number of pyridine rings is 1. The summed E-state index contributed by atoms with van der Waals surface area (Å²) < 4.78 is 5.40. The van der Waals surface area contributed by atoms with Gasteiger partial charge in [-0.05, 0) is 25.0 Å². The molecular formula is C11H14N2O3S. The van der Waals surface area contributed by atoms with Crippen molar-refractivity contribution in [1.29, 1.82) is 0 Å². The number of nitrogen functional groups attached to an aromatic ring is 1.